The Bertz CT molecular complexity index is 1780. The van der Waals surface area contributed by atoms with Crippen LogP contribution in [0.5, 0.6) is 0 Å². The van der Waals surface area contributed by atoms with E-state index in [0.29, 0.717) is 45.7 Å². The van der Waals surface area contributed by atoms with Crippen molar-refractivity contribution in [2.24, 2.45) is 5.92 Å². The lowest BCUT2D eigenvalue weighted by atomic mass is 9.80. The van der Waals surface area contributed by atoms with E-state index in [4.69, 9.17) is 0 Å². The lowest BCUT2D eigenvalue weighted by Gasteiger charge is -2.27. The molecule has 5 aromatic rings. The Kier molecular flexibility index (Phi) is 7.68. The second kappa shape index (κ2) is 11.6. The number of fused-ring (bicyclic) bond motifs is 2. The van der Waals surface area contributed by atoms with E-state index in [0.717, 1.165) is 17.9 Å². The molecule has 0 radical (unpaired) electrons. The summed E-state index contributed by atoms with van der Waals surface area (Å²) in [6.45, 7) is 3.70. The van der Waals surface area contributed by atoms with E-state index in [1.807, 2.05) is 19.1 Å². The number of amides is 1. The molecular formula is C31H29F4N7O. The van der Waals surface area contributed by atoms with Crippen LogP contribution in [0.4, 0.5) is 17.6 Å². The molecule has 3 atom stereocenters. The largest absolute Gasteiger partial charge is 0.346 e. The van der Waals surface area contributed by atoms with E-state index < -0.39 is 30.0 Å². The zero-order chi connectivity index (χ0) is 30.2. The standard InChI is InChI=1S/C31H29F4N7O/c1-16-3-4-23-28(30(34)35)41-42(29(23)17(16)2)14-26(43)40-25(9-18-7-21(32)11-22(33)8-18)27-24(13-36-15-39-27)20-10-19-5-6-37-31(19)38-12-20/h5-8,10-13,15-17,25,30H,3-4,9,14H2,1-2H3,(H,37,38)(H,40,43)/t16-,17?,25+/m1/s1. The van der Waals surface area contributed by atoms with Crippen molar-refractivity contribution < 1.29 is 22.4 Å². The molecule has 4 aromatic heterocycles. The second-order valence-electron chi connectivity index (χ2n) is 11.1. The number of H-pyrrole nitrogens is 1. The zero-order valence-corrected chi connectivity index (χ0v) is 23.5. The molecule has 0 aliphatic heterocycles. The van der Waals surface area contributed by atoms with Crippen LogP contribution in [0.1, 0.15) is 66.9 Å². The smallest absolute Gasteiger partial charge is 0.282 e. The van der Waals surface area contributed by atoms with Crippen LogP contribution in [0.15, 0.2) is 55.2 Å². The van der Waals surface area contributed by atoms with Crippen LogP contribution in [0.3, 0.4) is 0 Å². The predicted molar refractivity (Wildman–Crippen MR) is 151 cm³/mol. The fourth-order valence-corrected chi connectivity index (χ4v) is 5.97. The molecule has 1 unspecified atom stereocenters. The second-order valence-corrected chi connectivity index (χ2v) is 11.1. The van der Waals surface area contributed by atoms with E-state index in [2.05, 4.69) is 37.3 Å². The number of rotatable bonds is 8. The number of nitrogens with zero attached hydrogens (tertiary/aromatic N) is 5. The van der Waals surface area contributed by atoms with Gasteiger partial charge in [0.15, 0.2) is 0 Å². The van der Waals surface area contributed by atoms with Gasteiger partial charge in [-0.25, -0.2) is 32.5 Å². The Hall–Kier alpha value is -4.61. The lowest BCUT2D eigenvalue weighted by molar-refractivity contribution is -0.122. The maximum absolute atomic E-state index is 14.2. The van der Waals surface area contributed by atoms with Crippen LogP contribution in [-0.2, 0) is 24.2 Å². The highest BCUT2D eigenvalue weighted by atomic mass is 19.3. The first-order valence-electron chi connectivity index (χ1n) is 14.0. The van der Waals surface area contributed by atoms with Crippen LogP contribution in [0.25, 0.3) is 22.2 Å². The molecule has 222 valence electrons. The Morgan fingerprint density at radius 1 is 1.09 bits per heavy atom. The van der Waals surface area contributed by atoms with Gasteiger partial charge in [0.05, 0.1) is 11.7 Å². The number of carbonyl (C=O) groups is 1. The predicted octanol–water partition coefficient (Wildman–Crippen LogP) is 6.22. The number of benzene rings is 1. The van der Waals surface area contributed by atoms with Crippen LogP contribution >= 0.6 is 0 Å². The van der Waals surface area contributed by atoms with E-state index in [1.165, 1.54) is 23.1 Å². The highest BCUT2D eigenvalue weighted by molar-refractivity contribution is 5.82. The van der Waals surface area contributed by atoms with Gasteiger partial charge in [0.2, 0.25) is 5.91 Å². The summed E-state index contributed by atoms with van der Waals surface area (Å²) in [6, 6.07) is 6.06. The monoisotopic (exact) mass is 591 g/mol. The van der Waals surface area contributed by atoms with Gasteiger partial charge in [0.1, 0.15) is 35.8 Å². The molecule has 0 saturated carbocycles. The van der Waals surface area contributed by atoms with Crippen molar-refractivity contribution in [1.29, 1.82) is 0 Å². The fourth-order valence-electron chi connectivity index (χ4n) is 5.97. The van der Waals surface area contributed by atoms with Crippen LogP contribution < -0.4 is 5.32 Å². The van der Waals surface area contributed by atoms with Crippen molar-refractivity contribution in [3.63, 3.8) is 0 Å². The third-order valence-corrected chi connectivity index (χ3v) is 8.24. The van der Waals surface area contributed by atoms with Crippen molar-refractivity contribution in [3.8, 4) is 11.1 Å². The molecule has 12 heteroatoms. The molecule has 8 nitrogen and oxygen atoms in total. The first kappa shape index (κ1) is 28.5. The molecule has 1 aliphatic carbocycles. The van der Waals surface area contributed by atoms with E-state index >= 15 is 0 Å². The number of aromatic amines is 1. The molecule has 43 heavy (non-hydrogen) atoms. The molecule has 0 bridgehead atoms. The van der Waals surface area contributed by atoms with Gasteiger partial charge in [-0.2, -0.15) is 5.10 Å². The Morgan fingerprint density at radius 2 is 1.88 bits per heavy atom. The molecule has 1 amide bonds. The van der Waals surface area contributed by atoms with Gasteiger partial charge in [-0.05, 0) is 55.0 Å². The van der Waals surface area contributed by atoms with Crippen molar-refractivity contribution in [2.45, 2.75) is 58.0 Å². The molecule has 4 heterocycles. The van der Waals surface area contributed by atoms with E-state index in [9.17, 15) is 22.4 Å². The molecule has 1 aromatic carbocycles. The topological polar surface area (TPSA) is 101 Å². The first-order valence-corrected chi connectivity index (χ1v) is 14.0. The fraction of sp³-hybridized carbons (Fsp3) is 0.323. The van der Waals surface area contributed by atoms with E-state index in [-0.39, 0.29) is 30.5 Å². The summed E-state index contributed by atoms with van der Waals surface area (Å²) in [7, 11) is 0. The van der Waals surface area contributed by atoms with E-state index in [1.54, 1.807) is 18.6 Å². The maximum Gasteiger partial charge on any atom is 0.282 e. The van der Waals surface area contributed by atoms with Gasteiger partial charge in [-0.15, -0.1) is 0 Å². The molecule has 0 fully saturated rings. The summed E-state index contributed by atoms with van der Waals surface area (Å²) >= 11 is 0. The molecule has 0 spiro atoms. The van der Waals surface area contributed by atoms with Crippen LogP contribution in [0, 0.1) is 17.6 Å². The van der Waals surface area contributed by atoms with Gasteiger partial charge in [-0.3, -0.25) is 9.48 Å². The molecule has 1 aliphatic rings. The Morgan fingerprint density at radius 3 is 2.65 bits per heavy atom. The molecular weight excluding hydrogens is 562 g/mol. The van der Waals surface area contributed by atoms with Gasteiger partial charge in [0, 0.05) is 58.3 Å². The summed E-state index contributed by atoms with van der Waals surface area (Å²) in [5.41, 5.74) is 3.49. The highest BCUT2D eigenvalue weighted by Crippen LogP contribution is 2.39. The van der Waals surface area contributed by atoms with Crippen molar-refractivity contribution >= 4 is 16.9 Å². The number of aromatic nitrogens is 6. The summed E-state index contributed by atoms with van der Waals surface area (Å²) < 4.78 is 57.5. The lowest BCUT2D eigenvalue weighted by Crippen LogP contribution is -2.35. The maximum atomic E-state index is 14.2. The third kappa shape index (κ3) is 5.73. The Balaban J connectivity index is 1.36. The number of alkyl halides is 2. The molecule has 0 saturated heterocycles. The third-order valence-electron chi connectivity index (χ3n) is 8.24. The van der Waals surface area contributed by atoms with Gasteiger partial charge in [-0.1, -0.05) is 13.8 Å². The number of pyridine rings is 1. The highest BCUT2D eigenvalue weighted by Gasteiger charge is 2.33. The SMILES string of the molecule is CC1c2c(c(C(F)F)nn2CC(=O)N[C@@H](Cc2cc(F)cc(F)c2)c2ncncc2-c2cnc3[nH]ccc3c2)CC[C@H]1C. The quantitative estimate of drug-likeness (QED) is 0.209. The van der Waals surface area contributed by atoms with Crippen LogP contribution in [-0.4, -0.2) is 35.6 Å². The molecule has 2 N–H and O–H groups in total. The minimum Gasteiger partial charge on any atom is -0.346 e. The summed E-state index contributed by atoms with van der Waals surface area (Å²) in [5, 5.41) is 7.94. The Labute approximate surface area is 244 Å². The van der Waals surface area contributed by atoms with Gasteiger partial charge >= 0.3 is 0 Å². The number of hydrogen-bond acceptors (Lipinski definition) is 5. The van der Waals surface area contributed by atoms with Crippen molar-refractivity contribution in [1.82, 2.24) is 35.0 Å². The van der Waals surface area contributed by atoms with Gasteiger partial charge in [0.25, 0.3) is 6.43 Å². The van der Waals surface area contributed by atoms with Crippen LogP contribution in [0.2, 0.25) is 0 Å². The number of halogens is 4. The summed E-state index contributed by atoms with van der Waals surface area (Å²) in [4.78, 5) is 29.7. The first-order chi connectivity index (χ1) is 20.7. The normalized spacial score (nSPS) is 17.3. The van der Waals surface area contributed by atoms with Crippen molar-refractivity contribution in [2.75, 3.05) is 0 Å². The van der Waals surface area contributed by atoms with Gasteiger partial charge < -0.3 is 10.3 Å². The van der Waals surface area contributed by atoms with Crippen molar-refractivity contribution in [3.05, 3.63) is 95.1 Å². The number of carbonyl (C=O) groups excluding carboxylic acids is 1. The number of hydrogen-bond donors (Lipinski definition) is 2. The molecule has 6 rings (SSSR count). The zero-order valence-electron chi connectivity index (χ0n) is 23.5. The summed E-state index contributed by atoms with van der Waals surface area (Å²) in [5.74, 6) is -1.84. The summed E-state index contributed by atoms with van der Waals surface area (Å²) in [6.07, 6.45) is 4.80. The average Bonchev–Trinajstić information content (AvgIpc) is 3.59. The minimum absolute atomic E-state index is 0.00278. The average molecular weight is 592 g/mol. The minimum atomic E-state index is -2.76. The number of nitrogens with one attached hydrogen (secondary N) is 2.